The maximum atomic E-state index is 12.2. The molecule has 1 aromatic heterocycles. The highest BCUT2D eigenvalue weighted by atomic mass is 32.2. The monoisotopic (exact) mass is 308 g/mol. The molecule has 2 aromatic rings. The third-order valence-corrected chi connectivity index (χ3v) is 4.84. The van der Waals surface area contributed by atoms with Crippen molar-refractivity contribution in [1.29, 1.82) is 0 Å². The Labute approximate surface area is 126 Å². The molecule has 0 aliphatic rings. The van der Waals surface area contributed by atoms with Crippen LogP contribution in [0.4, 0.5) is 0 Å². The first-order valence-corrected chi connectivity index (χ1v) is 8.42. The van der Waals surface area contributed by atoms with Crippen molar-refractivity contribution in [3.63, 3.8) is 0 Å². The van der Waals surface area contributed by atoms with E-state index in [9.17, 15) is 9.00 Å². The molecule has 114 valence electrons. The fourth-order valence-electron chi connectivity index (χ4n) is 2.30. The first-order chi connectivity index (χ1) is 10.1. The predicted molar refractivity (Wildman–Crippen MR) is 83.3 cm³/mol. The van der Waals surface area contributed by atoms with E-state index in [4.69, 9.17) is 0 Å². The number of hydrogen-bond donors (Lipinski definition) is 0. The number of carbonyl (C=O) groups excluding carboxylic acids is 1. The molecule has 0 aliphatic carbocycles. The molecule has 1 heterocycles. The average molecular weight is 308 g/mol. The smallest absolute Gasteiger partial charge is 0.309 e. The van der Waals surface area contributed by atoms with Gasteiger partial charge in [-0.1, -0.05) is 25.1 Å². The van der Waals surface area contributed by atoms with Crippen molar-refractivity contribution in [3.8, 4) is 0 Å². The van der Waals surface area contributed by atoms with Gasteiger partial charge in [0, 0.05) is 28.5 Å². The number of fused-ring (bicyclic) bond motifs is 1. The predicted octanol–water partition coefficient (Wildman–Crippen LogP) is 2.11. The van der Waals surface area contributed by atoms with E-state index in [1.54, 1.807) is 6.92 Å². The van der Waals surface area contributed by atoms with Crippen LogP contribution in [-0.2, 0) is 32.6 Å². The van der Waals surface area contributed by atoms with Gasteiger partial charge in [-0.2, -0.15) is 5.10 Å². The minimum Gasteiger partial charge on any atom is -0.469 e. The highest BCUT2D eigenvalue weighted by Gasteiger charge is 2.18. The number of hydrogen-bond acceptors (Lipinski definition) is 4. The number of carbonyl (C=O) groups is 1. The van der Waals surface area contributed by atoms with E-state index in [0.717, 1.165) is 23.1 Å². The molecule has 6 heteroatoms. The third kappa shape index (κ3) is 3.50. The van der Waals surface area contributed by atoms with Crippen LogP contribution in [0.15, 0.2) is 24.3 Å². The molecule has 2 unspecified atom stereocenters. The van der Waals surface area contributed by atoms with Crippen molar-refractivity contribution in [2.24, 2.45) is 5.92 Å². The average Bonchev–Trinajstić information content (AvgIpc) is 2.84. The summed E-state index contributed by atoms with van der Waals surface area (Å²) in [6.07, 6.45) is 0. The summed E-state index contributed by atoms with van der Waals surface area (Å²) in [7, 11) is 0.201. The standard InChI is InChI=1S/C15H20N2O3S/c1-4-17-14-8-6-5-7-12(14)13(16-17)10-21(19)9-11(2)15(18)20-3/h5-8,11H,4,9-10H2,1-3H3. The lowest BCUT2D eigenvalue weighted by molar-refractivity contribution is -0.144. The van der Waals surface area contributed by atoms with Crippen LogP contribution in [0.5, 0.6) is 0 Å². The van der Waals surface area contributed by atoms with Crippen LogP contribution in [-0.4, -0.2) is 32.8 Å². The molecular formula is C15H20N2O3S. The number of aromatic nitrogens is 2. The molecule has 2 atom stereocenters. The van der Waals surface area contributed by atoms with Crippen molar-refractivity contribution < 1.29 is 13.7 Å². The van der Waals surface area contributed by atoms with Gasteiger partial charge >= 0.3 is 5.97 Å². The fraction of sp³-hybridized carbons (Fsp3) is 0.467. The third-order valence-electron chi connectivity index (χ3n) is 3.37. The second-order valence-electron chi connectivity index (χ2n) is 4.95. The van der Waals surface area contributed by atoms with Crippen LogP contribution < -0.4 is 0 Å². The number of ether oxygens (including phenoxy) is 1. The molecule has 0 aliphatic heterocycles. The van der Waals surface area contributed by atoms with E-state index in [0.29, 0.717) is 11.5 Å². The summed E-state index contributed by atoms with van der Waals surface area (Å²) in [6, 6.07) is 7.92. The van der Waals surface area contributed by atoms with E-state index in [1.807, 2.05) is 35.9 Å². The topological polar surface area (TPSA) is 61.2 Å². The molecule has 0 N–H and O–H groups in total. The van der Waals surface area contributed by atoms with Gasteiger partial charge in [-0.05, 0) is 13.0 Å². The zero-order valence-electron chi connectivity index (χ0n) is 12.5. The number of methoxy groups -OCH3 is 1. The summed E-state index contributed by atoms with van der Waals surface area (Å²) in [5.74, 6) is -0.0443. The summed E-state index contributed by atoms with van der Waals surface area (Å²) < 4.78 is 18.8. The first kappa shape index (κ1) is 15.7. The lowest BCUT2D eigenvalue weighted by Crippen LogP contribution is -2.20. The van der Waals surface area contributed by atoms with Gasteiger partial charge in [-0.15, -0.1) is 0 Å². The quantitative estimate of drug-likeness (QED) is 0.767. The molecule has 0 radical (unpaired) electrons. The van der Waals surface area contributed by atoms with Crippen LogP contribution in [0, 0.1) is 5.92 Å². The van der Waals surface area contributed by atoms with Gasteiger partial charge in [0.05, 0.1) is 30.0 Å². The normalized spacial score (nSPS) is 14.0. The van der Waals surface area contributed by atoms with Gasteiger partial charge in [0.25, 0.3) is 0 Å². The molecule has 0 amide bonds. The maximum Gasteiger partial charge on any atom is 0.309 e. The molecule has 2 rings (SSSR count). The van der Waals surface area contributed by atoms with Crippen molar-refractivity contribution >= 4 is 27.7 Å². The maximum absolute atomic E-state index is 12.2. The molecule has 0 spiro atoms. The number of rotatable bonds is 6. The minimum atomic E-state index is -1.14. The Balaban J connectivity index is 2.16. The second-order valence-corrected chi connectivity index (χ2v) is 6.46. The molecular weight excluding hydrogens is 288 g/mol. The van der Waals surface area contributed by atoms with E-state index in [1.165, 1.54) is 7.11 Å². The van der Waals surface area contributed by atoms with Crippen molar-refractivity contribution in [2.75, 3.05) is 12.9 Å². The Kier molecular flexibility index (Phi) is 5.12. The zero-order valence-corrected chi connectivity index (χ0v) is 13.4. The number of para-hydroxylation sites is 1. The summed E-state index contributed by atoms with van der Waals surface area (Å²) in [6.45, 7) is 4.53. The fourth-order valence-corrected chi connectivity index (χ4v) is 3.63. The SMILES string of the molecule is CCn1nc(CS(=O)CC(C)C(=O)OC)c2ccccc21. The van der Waals surface area contributed by atoms with Gasteiger partial charge in [0.15, 0.2) is 0 Å². The Morgan fingerprint density at radius 3 is 2.81 bits per heavy atom. The summed E-state index contributed by atoms with van der Waals surface area (Å²) >= 11 is 0. The highest BCUT2D eigenvalue weighted by Crippen LogP contribution is 2.20. The summed E-state index contributed by atoms with van der Waals surface area (Å²) in [5, 5.41) is 5.55. The Morgan fingerprint density at radius 1 is 1.43 bits per heavy atom. The number of esters is 1. The lowest BCUT2D eigenvalue weighted by atomic mass is 10.2. The first-order valence-electron chi connectivity index (χ1n) is 6.94. The molecule has 0 saturated carbocycles. The second kappa shape index (κ2) is 6.85. The van der Waals surface area contributed by atoms with E-state index in [-0.39, 0.29) is 11.9 Å². The summed E-state index contributed by atoms with van der Waals surface area (Å²) in [4.78, 5) is 11.4. The zero-order chi connectivity index (χ0) is 15.4. The van der Waals surface area contributed by atoms with Crippen LogP contribution in [0.25, 0.3) is 10.9 Å². The van der Waals surface area contributed by atoms with Crippen molar-refractivity contribution in [3.05, 3.63) is 30.0 Å². The van der Waals surface area contributed by atoms with Gasteiger partial charge in [-0.3, -0.25) is 13.7 Å². The highest BCUT2D eigenvalue weighted by molar-refractivity contribution is 7.84. The molecule has 0 saturated heterocycles. The van der Waals surface area contributed by atoms with Crippen LogP contribution in [0.3, 0.4) is 0 Å². The van der Waals surface area contributed by atoms with Crippen molar-refractivity contribution in [2.45, 2.75) is 26.1 Å². The van der Waals surface area contributed by atoms with E-state index < -0.39 is 10.8 Å². The number of aryl methyl sites for hydroxylation is 1. The van der Waals surface area contributed by atoms with Gasteiger partial charge in [0.1, 0.15) is 0 Å². The number of benzene rings is 1. The van der Waals surface area contributed by atoms with Gasteiger partial charge in [-0.25, -0.2) is 0 Å². The van der Waals surface area contributed by atoms with Crippen LogP contribution in [0.1, 0.15) is 19.5 Å². The van der Waals surface area contributed by atoms with Crippen molar-refractivity contribution in [1.82, 2.24) is 9.78 Å². The number of nitrogens with zero attached hydrogens (tertiary/aromatic N) is 2. The molecule has 21 heavy (non-hydrogen) atoms. The lowest BCUT2D eigenvalue weighted by Gasteiger charge is -2.07. The molecule has 0 bridgehead atoms. The van der Waals surface area contributed by atoms with Crippen LogP contribution >= 0.6 is 0 Å². The Hall–Kier alpha value is -1.69. The molecule has 1 aromatic carbocycles. The van der Waals surface area contributed by atoms with Gasteiger partial charge in [0.2, 0.25) is 0 Å². The largest absolute Gasteiger partial charge is 0.469 e. The van der Waals surface area contributed by atoms with E-state index >= 15 is 0 Å². The minimum absolute atomic E-state index is 0.292. The van der Waals surface area contributed by atoms with Gasteiger partial charge < -0.3 is 4.74 Å². The Bertz CT molecular complexity index is 666. The summed E-state index contributed by atoms with van der Waals surface area (Å²) in [5.41, 5.74) is 1.87. The Morgan fingerprint density at radius 2 is 2.14 bits per heavy atom. The van der Waals surface area contributed by atoms with E-state index in [2.05, 4.69) is 9.84 Å². The molecule has 5 nitrogen and oxygen atoms in total. The van der Waals surface area contributed by atoms with Crippen LogP contribution in [0.2, 0.25) is 0 Å². The molecule has 0 fully saturated rings.